The van der Waals surface area contributed by atoms with Gasteiger partial charge in [-0.3, -0.25) is 14.5 Å². The number of hydrogen-bond acceptors (Lipinski definition) is 3. The van der Waals surface area contributed by atoms with Gasteiger partial charge in [-0.1, -0.05) is 44.2 Å². The number of aryl methyl sites for hydroxylation is 1. The molecule has 1 fully saturated rings. The molecule has 0 saturated carbocycles. The Morgan fingerprint density at radius 3 is 2.67 bits per heavy atom. The first-order chi connectivity index (χ1) is 14.4. The SMILES string of the molecule is CN=C(NCc1c(C)nn(Cc2ccccc2)c1C)NC1CCN(C(=O)C(C)C)C1. The molecular formula is C23H34N6O. The van der Waals surface area contributed by atoms with Crippen molar-refractivity contribution in [3.05, 3.63) is 52.8 Å². The Labute approximate surface area is 179 Å². The highest BCUT2D eigenvalue weighted by Gasteiger charge is 2.28. The molecule has 3 rings (SSSR count). The molecule has 0 aliphatic carbocycles. The second-order valence-electron chi connectivity index (χ2n) is 8.29. The standard InChI is InChI=1S/C23H34N6O/c1-16(2)22(30)28-12-11-20(15-28)26-23(24-5)25-13-21-17(3)27-29(18(21)4)14-19-9-7-6-8-10-19/h6-10,16,20H,11-15H2,1-5H3,(H2,24,25,26). The monoisotopic (exact) mass is 410 g/mol. The minimum absolute atomic E-state index is 0.0413. The van der Waals surface area contributed by atoms with Gasteiger partial charge in [0.2, 0.25) is 5.91 Å². The third-order valence-electron chi connectivity index (χ3n) is 5.70. The van der Waals surface area contributed by atoms with Crippen LogP contribution >= 0.6 is 0 Å². The first kappa shape index (κ1) is 21.9. The van der Waals surface area contributed by atoms with Gasteiger partial charge in [0, 0.05) is 49.9 Å². The highest BCUT2D eigenvalue weighted by atomic mass is 16.2. The van der Waals surface area contributed by atoms with Gasteiger partial charge in [0.05, 0.1) is 12.2 Å². The number of amides is 1. The number of carbonyl (C=O) groups excluding carboxylic acids is 1. The zero-order valence-corrected chi connectivity index (χ0v) is 18.8. The van der Waals surface area contributed by atoms with Gasteiger partial charge in [-0.15, -0.1) is 0 Å². The zero-order valence-electron chi connectivity index (χ0n) is 18.8. The van der Waals surface area contributed by atoms with E-state index < -0.39 is 0 Å². The molecule has 1 aromatic carbocycles. The lowest BCUT2D eigenvalue weighted by atomic mass is 10.2. The Hall–Kier alpha value is -2.83. The van der Waals surface area contributed by atoms with Gasteiger partial charge >= 0.3 is 0 Å². The summed E-state index contributed by atoms with van der Waals surface area (Å²) < 4.78 is 2.06. The minimum atomic E-state index is 0.0413. The number of nitrogens with zero attached hydrogens (tertiary/aromatic N) is 4. The van der Waals surface area contributed by atoms with E-state index in [4.69, 9.17) is 5.10 Å². The molecule has 7 heteroatoms. The molecular weight excluding hydrogens is 376 g/mol. The summed E-state index contributed by atoms with van der Waals surface area (Å²) in [5, 5.41) is 11.6. The van der Waals surface area contributed by atoms with Crippen LogP contribution in [-0.4, -0.2) is 52.7 Å². The van der Waals surface area contributed by atoms with Crippen LogP contribution in [0.1, 0.15) is 42.8 Å². The van der Waals surface area contributed by atoms with Crippen LogP contribution in [0.25, 0.3) is 0 Å². The molecule has 1 amide bonds. The molecule has 30 heavy (non-hydrogen) atoms. The fourth-order valence-corrected chi connectivity index (χ4v) is 3.90. The lowest BCUT2D eigenvalue weighted by Gasteiger charge is -2.20. The molecule has 2 N–H and O–H groups in total. The van der Waals surface area contributed by atoms with Crippen molar-refractivity contribution in [3.63, 3.8) is 0 Å². The Kier molecular flexibility index (Phi) is 7.13. The highest BCUT2D eigenvalue weighted by Crippen LogP contribution is 2.15. The molecule has 1 aromatic heterocycles. The van der Waals surface area contributed by atoms with E-state index in [2.05, 4.69) is 51.5 Å². The normalized spacial score (nSPS) is 16.9. The number of rotatable bonds is 6. The number of hydrogen-bond donors (Lipinski definition) is 2. The van der Waals surface area contributed by atoms with Crippen molar-refractivity contribution >= 4 is 11.9 Å². The molecule has 1 atom stereocenters. The number of guanidine groups is 1. The summed E-state index contributed by atoms with van der Waals surface area (Å²) in [4.78, 5) is 18.5. The molecule has 162 valence electrons. The predicted octanol–water partition coefficient (Wildman–Crippen LogP) is 2.47. The third kappa shape index (κ3) is 5.20. The van der Waals surface area contributed by atoms with Gasteiger partial charge in [0.15, 0.2) is 5.96 Å². The Balaban J connectivity index is 1.57. The minimum Gasteiger partial charge on any atom is -0.352 e. The van der Waals surface area contributed by atoms with Gasteiger partial charge in [0.1, 0.15) is 0 Å². The van der Waals surface area contributed by atoms with E-state index in [1.54, 1.807) is 7.05 Å². The molecule has 1 aliphatic heterocycles. The molecule has 0 bridgehead atoms. The van der Waals surface area contributed by atoms with E-state index in [1.807, 2.05) is 31.7 Å². The summed E-state index contributed by atoms with van der Waals surface area (Å²) in [6, 6.07) is 10.6. The van der Waals surface area contributed by atoms with Crippen LogP contribution in [0.3, 0.4) is 0 Å². The predicted molar refractivity (Wildman–Crippen MR) is 120 cm³/mol. The number of carbonyl (C=O) groups is 1. The van der Waals surface area contributed by atoms with Gasteiger partial charge < -0.3 is 15.5 Å². The molecule has 2 heterocycles. The molecule has 1 unspecified atom stereocenters. The van der Waals surface area contributed by atoms with Crippen LogP contribution in [-0.2, 0) is 17.9 Å². The fourth-order valence-electron chi connectivity index (χ4n) is 3.90. The van der Waals surface area contributed by atoms with Crippen molar-refractivity contribution in [2.24, 2.45) is 10.9 Å². The second-order valence-corrected chi connectivity index (χ2v) is 8.29. The maximum absolute atomic E-state index is 12.2. The smallest absolute Gasteiger partial charge is 0.225 e. The maximum Gasteiger partial charge on any atom is 0.225 e. The Morgan fingerprint density at radius 1 is 1.27 bits per heavy atom. The Morgan fingerprint density at radius 2 is 2.00 bits per heavy atom. The van der Waals surface area contributed by atoms with E-state index in [1.165, 1.54) is 11.1 Å². The van der Waals surface area contributed by atoms with Crippen molar-refractivity contribution in [1.82, 2.24) is 25.3 Å². The topological polar surface area (TPSA) is 74.6 Å². The van der Waals surface area contributed by atoms with Crippen molar-refractivity contribution in [2.45, 2.75) is 53.2 Å². The molecule has 7 nitrogen and oxygen atoms in total. The van der Waals surface area contributed by atoms with E-state index in [9.17, 15) is 4.79 Å². The van der Waals surface area contributed by atoms with E-state index in [0.29, 0.717) is 6.54 Å². The molecule has 1 aliphatic rings. The van der Waals surface area contributed by atoms with Gasteiger partial charge in [-0.25, -0.2) is 0 Å². The number of likely N-dealkylation sites (tertiary alicyclic amines) is 1. The fraction of sp³-hybridized carbons (Fsp3) is 0.522. The largest absolute Gasteiger partial charge is 0.352 e. The van der Waals surface area contributed by atoms with Crippen molar-refractivity contribution in [1.29, 1.82) is 0 Å². The summed E-state index contributed by atoms with van der Waals surface area (Å²) in [7, 11) is 1.78. The number of aromatic nitrogens is 2. The lowest BCUT2D eigenvalue weighted by Crippen LogP contribution is -2.45. The first-order valence-electron chi connectivity index (χ1n) is 10.7. The van der Waals surface area contributed by atoms with Crippen LogP contribution in [0.4, 0.5) is 0 Å². The second kappa shape index (κ2) is 9.78. The summed E-state index contributed by atoms with van der Waals surface area (Å²) in [5.74, 6) is 1.02. The summed E-state index contributed by atoms with van der Waals surface area (Å²) in [6.07, 6.45) is 0.937. The van der Waals surface area contributed by atoms with Gasteiger partial charge in [0.25, 0.3) is 0 Å². The van der Waals surface area contributed by atoms with Crippen LogP contribution < -0.4 is 10.6 Å². The van der Waals surface area contributed by atoms with E-state index in [0.717, 1.165) is 43.4 Å². The molecule has 1 saturated heterocycles. The number of aliphatic imine (C=N–C) groups is 1. The van der Waals surface area contributed by atoms with Crippen molar-refractivity contribution in [2.75, 3.05) is 20.1 Å². The van der Waals surface area contributed by atoms with Crippen molar-refractivity contribution in [3.8, 4) is 0 Å². The number of nitrogens with one attached hydrogen (secondary N) is 2. The lowest BCUT2D eigenvalue weighted by molar-refractivity contribution is -0.133. The van der Waals surface area contributed by atoms with E-state index >= 15 is 0 Å². The average molecular weight is 411 g/mol. The maximum atomic E-state index is 12.2. The highest BCUT2D eigenvalue weighted by molar-refractivity contribution is 5.81. The summed E-state index contributed by atoms with van der Waals surface area (Å²) in [5.41, 5.74) is 4.62. The van der Waals surface area contributed by atoms with Crippen LogP contribution in [0.2, 0.25) is 0 Å². The zero-order chi connectivity index (χ0) is 21.7. The van der Waals surface area contributed by atoms with Crippen molar-refractivity contribution < 1.29 is 4.79 Å². The molecule has 0 spiro atoms. The third-order valence-corrected chi connectivity index (χ3v) is 5.70. The van der Waals surface area contributed by atoms with E-state index in [-0.39, 0.29) is 17.9 Å². The van der Waals surface area contributed by atoms with Crippen LogP contribution in [0.5, 0.6) is 0 Å². The number of benzene rings is 1. The van der Waals surface area contributed by atoms with Crippen LogP contribution in [0.15, 0.2) is 35.3 Å². The summed E-state index contributed by atoms with van der Waals surface area (Å²) >= 11 is 0. The Bertz CT molecular complexity index is 887. The quantitative estimate of drug-likeness (QED) is 0.567. The molecule has 0 radical (unpaired) electrons. The van der Waals surface area contributed by atoms with Gasteiger partial charge in [-0.2, -0.15) is 5.10 Å². The first-order valence-corrected chi connectivity index (χ1v) is 10.7. The average Bonchev–Trinajstić information content (AvgIpc) is 3.30. The van der Waals surface area contributed by atoms with Crippen LogP contribution in [0, 0.1) is 19.8 Å². The molecule has 2 aromatic rings. The summed E-state index contributed by atoms with van der Waals surface area (Å²) in [6.45, 7) is 11.0. The van der Waals surface area contributed by atoms with Gasteiger partial charge in [-0.05, 0) is 25.8 Å².